The van der Waals surface area contributed by atoms with Crippen molar-refractivity contribution in [3.05, 3.63) is 87.5 Å². The molecule has 0 aliphatic rings. The number of hydrogen-bond acceptors (Lipinski definition) is 5. The summed E-state index contributed by atoms with van der Waals surface area (Å²) in [4.78, 5) is 29.8. The lowest BCUT2D eigenvalue weighted by Crippen LogP contribution is -2.21. The third-order valence-electron chi connectivity index (χ3n) is 4.42. The maximum Gasteiger partial charge on any atom is 0.337 e. The Kier molecular flexibility index (Phi) is 4.75. The van der Waals surface area contributed by atoms with Crippen molar-refractivity contribution in [2.45, 2.75) is 6.54 Å². The summed E-state index contributed by atoms with van der Waals surface area (Å²) in [5, 5.41) is 2.36. The van der Waals surface area contributed by atoms with Gasteiger partial charge in [0.2, 0.25) is 0 Å². The van der Waals surface area contributed by atoms with Gasteiger partial charge in [0.25, 0.3) is 5.56 Å². The van der Waals surface area contributed by atoms with Crippen LogP contribution >= 0.6 is 11.3 Å². The van der Waals surface area contributed by atoms with Crippen LogP contribution in [0.2, 0.25) is 0 Å². The Morgan fingerprint density at radius 1 is 1.21 bits per heavy atom. The van der Waals surface area contributed by atoms with Crippen molar-refractivity contribution in [3.63, 3.8) is 0 Å². The van der Waals surface area contributed by atoms with E-state index in [1.807, 2.05) is 11.4 Å². The van der Waals surface area contributed by atoms with E-state index in [0.29, 0.717) is 15.8 Å². The molecule has 28 heavy (non-hydrogen) atoms. The monoisotopic (exact) mass is 394 g/mol. The summed E-state index contributed by atoms with van der Waals surface area (Å²) >= 11 is 1.37. The molecule has 2 aromatic carbocycles. The predicted molar refractivity (Wildman–Crippen MR) is 106 cm³/mol. The van der Waals surface area contributed by atoms with E-state index < -0.39 is 5.97 Å². The second kappa shape index (κ2) is 7.36. The number of methoxy groups -OCH3 is 1. The first-order chi connectivity index (χ1) is 13.6. The minimum Gasteiger partial charge on any atom is -0.465 e. The van der Waals surface area contributed by atoms with Crippen LogP contribution in [0.15, 0.2) is 65.0 Å². The lowest BCUT2D eigenvalue weighted by molar-refractivity contribution is 0.0600. The van der Waals surface area contributed by atoms with Crippen LogP contribution in [0.3, 0.4) is 0 Å². The number of thiophene rings is 1. The molecule has 4 aromatic rings. The Labute approximate surface area is 163 Å². The van der Waals surface area contributed by atoms with Crippen molar-refractivity contribution in [1.29, 1.82) is 0 Å². The van der Waals surface area contributed by atoms with Gasteiger partial charge in [0.05, 0.1) is 30.9 Å². The third kappa shape index (κ3) is 3.32. The highest BCUT2D eigenvalue weighted by molar-refractivity contribution is 7.17. The number of aromatic nitrogens is 2. The summed E-state index contributed by atoms with van der Waals surface area (Å²) in [7, 11) is 1.32. The second-order valence-corrected chi connectivity index (χ2v) is 7.06. The van der Waals surface area contributed by atoms with E-state index in [0.717, 1.165) is 16.7 Å². The maximum absolute atomic E-state index is 13.2. The fraction of sp³-hybridized carbons (Fsp3) is 0.0952. The van der Waals surface area contributed by atoms with Crippen LogP contribution in [0.5, 0.6) is 0 Å². The van der Waals surface area contributed by atoms with Crippen LogP contribution in [0.4, 0.5) is 4.39 Å². The summed E-state index contributed by atoms with van der Waals surface area (Å²) in [6, 6.07) is 13.0. The number of nitrogens with zero attached hydrogens (tertiary/aromatic N) is 2. The van der Waals surface area contributed by atoms with E-state index in [1.165, 1.54) is 41.5 Å². The lowest BCUT2D eigenvalue weighted by Gasteiger charge is -2.08. The third-order valence-corrected chi connectivity index (χ3v) is 5.30. The Morgan fingerprint density at radius 2 is 2.00 bits per heavy atom. The summed E-state index contributed by atoms with van der Waals surface area (Å²) < 4.78 is 19.5. The SMILES string of the molecule is COC(=O)c1cccc(Cn2cnc3scc(-c4ccc(F)cc4)c3c2=O)c1. The van der Waals surface area contributed by atoms with Crippen LogP contribution in [0, 0.1) is 5.82 Å². The lowest BCUT2D eigenvalue weighted by atomic mass is 10.1. The zero-order valence-corrected chi connectivity index (χ0v) is 15.7. The average molecular weight is 394 g/mol. The second-order valence-electron chi connectivity index (χ2n) is 6.21. The van der Waals surface area contributed by atoms with Crippen molar-refractivity contribution in [2.24, 2.45) is 0 Å². The standard InChI is InChI=1S/C21H15FN2O3S/c1-27-21(26)15-4-2-3-13(9-15)10-24-12-23-19-18(20(24)25)17(11-28-19)14-5-7-16(22)8-6-14/h2-9,11-12H,10H2,1H3. The normalized spacial score (nSPS) is 10.9. The van der Waals surface area contributed by atoms with Crippen LogP contribution in [0.1, 0.15) is 15.9 Å². The van der Waals surface area contributed by atoms with E-state index >= 15 is 0 Å². The van der Waals surface area contributed by atoms with Gasteiger partial charge in [-0.1, -0.05) is 24.3 Å². The molecule has 0 radical (unpaired) electrons. The average Bonchev–Trinajstić information content (AvgIpc) is 3.15. The summed E-state index contributed by atoms with van der Waals surface area (Å²) in [5.41, 5.74) is 2.51. The molecule has 140 valence electrons. The van der Waals surface area contributed by atoms with Gasteiger partial charge in [-0.15, -0.1) is 11.3 Å². The van der Waals surface area contributed by atoms with E-state index in [-0.39, 0.29) is 17.9 Å². The molecule has 0 unspecified atom stereocenters. The van der Waals surface area contributed by atoms with Crippen molar-refractivity contribution < 1.29 is 13.9 Å². The molecule has 0 saturated heterocycles. The number of esters is 1. The minimum atomic E-state index is -0.431. The molecule has 0 aliphatic carbocycles. The van der Waals surface area contributed by atoms with Gasteiger partial charge in [0, 0.05) is 10.9 Å². The van der Waals surface area contributed by atoms with Gasteiger partial charge in [0.15, 0.2) is 0 Å². The summed E-state index contributed by atoms with van der Waals surface area (Å²) in [6.45, 7) is 0.269. The van der Waals surface area contributed by atoms with Crippen molar-refractivity contribution in [2.75, 3.05) is 7.11 Å². The zero-order valence-electron chi connectivity index (χ0n) is 14.9. The van der Waals surface area contributed by atoms with E-state index in [1.54, 1.807) is 30.3 Å². The van der Waals surface area contributed by atoms with E-state index in [4.69, 9.17) is 4.74 Å². The quantitative estimate of drug-likeness (QED) is 0.489. The number of carbonyl (C=O) groups excluding carboxylic acids is 1. The smallest absolute Gasteiger partial charge is 0.337 e. The van der Waals surface area contributed by atoms with E-state index in [9.17, 15) is 14.0 Å². The van der Waals surface area contributed by atoms with Crippen LogP contribution in [-0.4, -0.2) is 22.6 Å². The van der Waals surface area contributed by atoms with Crippen LogP contribution in [0.25, 0.3) is 21.3 Å². The highest BCUT2D eigenvalue weighted by atomic mass is 32.1. The molecule has 0 fully saturated rings. The van der Waals surface area contributed by atoms with Crippen molar-refractivity contribution in [1.82, 2.24) is 9.55 Å². The first kappa shape index (κ1) is 18.1. The van der Waals surface area contributed by atoms with Crippen LogP contribution < -0.4 is 5.56 Å². The van der Waals surface area contributed by atoms with Gasteiger partial charge in [0.1, 0.15) is 10.6 Å². The molecular formula is C21H15FN2O3S. The first-order valence-electron chi connectivity index (χ1n) is 8.46. The molecule has 0 N–H and O–H groups in total. The molecule has 4 rings (SSSR count). The van der Waals surface area contributed by atoms with Crippen LogP contribution in [-0.2, 0) is 11.3 Å². The topological polar surface area (TPSA) is 61.2 Å². The molecule has 0 aliphatic heterocycles. The molecule has 2 heterocycles. The Morgan fingerprint density at radius 3 is 2.75 bits per heavy atom. The number of rotatable bonds is 4. The number of ether oxygens (including phenoxy) is 1. The number of fused-ring (bicyclic) bond motifs is 1. The van der Waals surface area contributed by atoms with Gasteiger partial charge >= 0.3 is 5.97 Å². The fourth-order valence-electron chi connectivity index (χ4n) is 3.03. The number of carbonyl (C=O) groups is 1. The van der Waals surface area contributed by atoms with Gasteiger partial charge in [-0.3, -0.25) is 9.36 Å². The van der Waals surface area contributed by atoms with Crippen molar-refractivity contribution in [3.8, 4) is 11.1 Å². The van der Waals surface area contributed by atoms with Gasteiger partial charge < -0.3 is 4.74 Å². The number of halogens is 1. The first-order valence-corrected chi connectivity index (χ1v) is 9.34. The molecule has 0 saturated carbocycles. The van der Waals surface area contributed by atoms with Gasteiger partial charge in [-0.25, -0.2) is 14.2 Å². The number of benzene rings is 2. The summed E-state index contributed by atoms with van der Waals surface area (Å²) in [5.74, 6) is -0.761. The number of hydrogen-bond donors (Lipinski definition) is 0. The molecule has 0 amide bonds. The molecule has 2 aromatic heterocycles. The predicted octanol–water partition coefficient (Wildman–Crippen LogP) is 4.10. The van der Waals surface area contributed by atoms with Gasteiger partial charge in [-0.05, 0) is 35.4 Å². The zero-order chi connectivity index (χ0) is 19.7. The highest BCUT2D eigenvalue weighted by Gasteiger charge is 2.14. The minimum absolute atomic E-state index is 0.186. The molecule has 0 bridgehead atoms. The molecule has 0 atom stereocenters. The van der Waals surface area contributed by atoms with E-state index in [2.05, 4.69) is 4.98 Å². The Bertz CT molecular complexity index is 1230. The van der Waals surface area contributed by atoms with Gasteiger partial charge in [-0.2, -0.15) is 0 Å². The Hall–Kier alpha value is -3.32. The summed E-state index contributed by atoms with van der Waals surface area (Å²) in [6.07, 6.45) is 1.50. The fourth-order valence-corrected chi connectivity index (χ4v) is 3.94. The largest absolute Gasteiger partial charge is 0.465 e. The Balaban J connectivity index is 1.76. The molecule has 0 spiro atoms. The molecule has 5 nitrogen and oxygen atoms in total. The molecule has 7 heteroatoms. The highest BCUT2D eigenvalue weighted by Crippen LogP contribution is 2.30. The maximum atomic E-state index is 13.2. The molecular weight excluding hydrogens is 379 g/mol. The van der Waals surface area contributed by atoms with Crippen molar-refractivity contribution >= 4 is 27.5 Å².